The first-order chi connectivity index (χ1) is 7.99. The SMILES string of the molecule is Cc1ccc(S(=O)(=O)OC2COCN2)c(C)c1. The number of hydrogen-bond donors (Lipinski definition) is 1. The van der Waals surface area contributed by atoms with E-state index in [9.17, 15) is 8.42 Å². The second-order valence-corrected chi connectivity index (χ2v) is 5.57. The maximum atomic E-state index is 12.0. The zero-order valence-electron chi connectivity index (χ0n) is 9.76. The van der Waals surface area contributed by atoms with Gasteiger partial charge in [0.15, 0.2) is 6.23 Å². The Morgan fingerprint density at radius 3 is 2.76 bits per heavy atom. The van der Waals surface area contributed by atoms with E-state index in [0.717, 1.165) is 5.56 Å². The Hall–Kier alpha value is -0.950. The van der Waals surface area contributed by atoms with Crippen molar-refractivity contribution in [2.45, 2.75) is 25.0 Å². The van der Waals surface area contributed by atoms with Crippen molar-refractivity contribution in [3.63, 3.8) is 0 Å². The number of rotatable bonds is 3. The van der Waals surface area contributed by atoms with Crippen LogP contribution < -0.4 is 5.32 Å². The molecule has 1 N–H and O–H groups in total. The van der Waals surface area contributed by atoms with E-state index in [4.69, 9.17) is 8.92 Å². The van der Waals surface area contributed by atoms with Crippen molar-refractivity contribution in [1.29, 1.82) is 0 Å². The molecule has 1 atom stereocenters. The lowest BCUT2D eigenvalue weighted by atomic mass is 10.2. The molecule has 1 heterocycles. The molecule has 0 amide bonds. The lowest BCUT2D eigenvalue weighted by molar-refractivity contribution is 0.144. The van der Waals surface area contributed by atoms with Crippen LogP contribution >= 0.6 is 0 Å². The van der Waals surface area contributed by atoms with Gasteiger partial charge in [-0.2, -0.15) is 8.42 Å². The molecule has 0 radical (unpaired) electrons. The summed E-state index contributed by atoms with van der Waals surface area (Å²) in [6.45, 7) is 4.22. The normalized spacial score (nSPS) is 20.7. The predicted molar refractivity (Wildman–Crippen MR) is 61.9 cm³/mol. The maximum absolute atomic E-state index is 12.0. The minimum absolute atomic E-state index is 0.205. The molecule has 0 aliphatic carbocycles. The summed E-state index contributed by atoms with van der Waals surface area (Å²) in [5, 5.41) is 2.79. The van der Waals surface area contributed by atoms with Gasteiger partial charge in [-0.05, 0) is 25.5 Å². The summed E-state index contributed by atoms with van der Waals surface area (Å²) in [7, 11) is -3.73. The van der Waals surface area contributed by atoms with E-state index in [1.54, 1.807) is 19.1 Å². The third-order valence-electron chi connectivity index (χ3n) is 2.52. The van der Waals surface area contributed by atoms with E-state index >= 15 is 0 Å². The first-order valence-electron chi connectivity index (χ1n) is 5.31. The van der Waals surface area contributed by atoms with E-state index < -0.39 is 16.3 Å². The molecule has 0 aromatic heterocycles. The molecule has 2 rings (SSSR count). The highest BCUT2D eigenvalue weighted by Gasteiger charge is 2.25. The summed E-state index contributed by atoms with van der Waals surface area (Å²) in [6.07, 6.45) is -0.597. The summed E-state index contributed by atoms with van der Waals surface area (Å²) < 4.78 is 34.0. The molecule has 0 spiro atoms. The fourth-order valence-corrected chi connectivity index (χ4v) is 2.94. The van der Waals surface area contributed by atoms with Gasteiger partial charge in [-0.3, -0.25) is 5.32 Å². The third-order valence-corrected chi connectivity index (χ3v) is 4.01. The molecule has 5 nitrogen and oxygen atoms in total. The topological polar surface area (TPSA) is 64.6 Å². The quantitative estimate of drug-likeness (QED) is 0.815. The van der Waals surface area contributed by atoms with Gasteiger partial charge in [0.2, 0.25) is 0 Å². The van der Waals surface area contributed by atoms with E-state index in [1.807, 2.05) is 13.0 Å². The van der Waals surface area contributed by atoms with Gasteiger partial charge >= 0.3 is 0 Å². The van der Waals surface area contributed by atoms with Gasteiger partial charge < -0.3 is 4.74 Å². The van der Waals surface area contributed by atoms with Crippen LogP contribution in [-0.2, 0) is 19.0 Å². The zero-order chi connectivity index (χ0) is 12.5. The molecular formula is C11H15NO4S. The van der Waals surface area contributed by atoms with Crippen LogP contribution in [0.4, 0.5) is 0 Å². The van der Waals surface area contributed by atoms with Gasteiger partial charge in [0.1, 0.15) is 0 Å². The van der Waals surface area contributed by atoms with Gasteiger partial charge in [-0.1, -0.05) is 17.7 Å². The molecule has 1 aromatic carbocycles. The van der Waals surface area contributed by atoms with Crippen molar-refractivity contribution in [3.05, 3.63) is 29.3 Å². The number of hydrogen-bond acceptors (Lipinski definition) is 5. The Balaban J connectivity index is 2.24. The highest BCUT2D eigenvalue weighted by atomic mass is 32.2. The Bertz CT molecular complexity index is 506. The van der Waals surface area contributed by atoms with Crippen molar-refractivity contribution in [2.24, 2.45) is 0 Å². The first-order valence-corrected chi connectivity index (χ1v) is 6.71. The van der Waals surface area contributed by atoms with Crippen molar-refractivity contribution < 1.29 is 17.3 Å². The molecular weight excluding hydrogens is 242 g/mol. The minimum atomic E-state index is -3.73. The van der Waals surface area contributed by atoms with Gasteiger partial charge in [-0.25, -0.2) is 4.18 Å². The number of ether oxygens (including phenoxy) is 1. The number of nitrogens with one attached hydrogen (secondary N) is 1. The van der Waals surface area contributed by atoms with Crippen LogP contribution in [0.3, 0.4) is 0 Å². The fraction of sp³-hybridized carbons (Fsp3) is 0.455. The van der Waals surface area contributed by atoms with Crippen LogP contribution in [0.5, 0.6) is 0 Å². The van der Waals surface area contributed by atoms with Crippen molar-refractivity contribution in [2.75, 3.05) is 13.3 Å². The largest absolute Gasteiger partial charge is 0.362 e. The van der Waals surface area contributed by atoms with Crippen LogP contribution in [0, 0.1) is 13.8 Å². The van der Waals surface area contributed by atoms with Crippen LogP contribution in [0.2, 0.25) is 0 Å². The average molecular weight is 257 g/mol. The minimum Gasteiger partial charge on any atom is -0.362 e. The van der Waals surface area contributed by atoms with Crippen LogP contribution in [0.25, 0.3) is 0 Å². The first kappa shape index (κ1) is 12.5. The van der Waals surface area contributed by atoms with Crippen molar-refractivity contribution in [1.82, 2.24) is 5.32 Å². The molecule has 1 aromatic rings. The Morgan fingerprint density at radius 1 is 1.41 bits per heavy atom. The molecule has 0 bridgehead atoms. The monoisotopic (exact) mass is 257 g/mol. The standard InChI is InChI=1S/C11H15NO4S/c1-8-3-4-10(9(2)5-8)17(13,14)16-11-6-15-7-12-11/h3-5,11-12H,6-7H2,1-2H3. The molecule has 1 fully saturated rings. The summed E-state index contributed by atoms with van der Waals surface area (Å²) in [6, 6.07) is 5.13. The van der Waals surface area contributed by atoms with Crippen LogP contribution in [0.1, 0.15) is 11.1 Å². The van der Waals surface area contributed by atoms with E-state index in [-0.39, 0.29) is 11.5 Å². The van der Waals surface area contributed by atoms with Crippen LogP contribution in [-0.4, -0.2) is 28.0 Å². The highest BCUT2D eigenvalue weighted by molar-refractivity contribution is 7.86. The van der Waals surface area contributed by atoms with Gasteiger partial charge in [0.05, 0.1) is 18.2 Å². The molecule has 94 valence electrons. The molecule has 1 saturated heterocycles. The summed E-state index contributed by atoms with van der Waals surface area (Å²) >= 11 is 0. The lowest BCUT2D eigenvalue weighted by Crippen LogP contribution is -2.30. The number of benzene rings is 1. The van der Waals surface area contributed by atoms with Gasteiger partial charge in [0.25, 0.3) is 10.1 Å². The van der Waals surface area contributed by atoms with Crippen molar-refractivity contribution in [3.8, 4) is 0 Å². The van der Waals surface area contributed by atoms with E-state index in [1.165, 1.54) is 0 Å². The van der Waals surface area contributed by atoms with Gasteiger partial charge in [-0.15, -0.1) is 0 Å². The molecule has 6 heteroatoms. The number of aryl methyl sites for hydroxylation is 2. The second-order valence-electron chi connectivity index (χ2n) is 4.03. The maximum Gasteiger partial charge on any atom is 0.298 e. The predicted octanol–water partition coefficient (Wildman–Crippen LogP) is 0.912. The molecule has 0 saturated carbocycles. The van der Waals surface area contributed by atoms with Crippen molar-refractivity contribution >= 4 is 10.1 Å². The summed E-state index contributed by atoms with van der Waals surface area (Å²) in [5.41, 5.74) is 1.70. The molecule has 1 aliphatic rings. The summed E-state index contributed by atoms with van der Waals surface area (Å²) in [4.78, 5) is 0.205. The highest BCUT2D eigenvalue weighted by Crippen LogP contribution is 2.20. The van der Waals surface area contributed by atoms with Crippen LogP contribution in [0.15, 0.2) is 23.1 Å². The Kier molecular flexibility index (Phi) is 3.48. The second kappa shape index (κ2) is 4.73. The molecule has 1 aliphatic heterocycles. The lowest BCUT2D eigenvalue weighted by Gasteiger charge is -2.12. The van der Waals surface area contributed by atoms with E-state index in [0.29, 0.717) is 12.3 Å². The summed E-state index contributed by atoms with van der Waals surface area (Å²) in [5.74, 6) is 0. The van der Waals surface area contributed by atoms with Gasteiger partial charge in [0, 0.05) is 0 Å². The third kappa shape index (κ3) is 2.84. The Labute approximate surface area is 101 Å². The average Bonchev–Trinajstić information content (AvgIpc) is 2.68. The molecule has 17 heavy (non-hydrogen) atoms. The zero-order valence-corrected chi connectivity index (χ0v) is 10.6. The van der Waals surface area contributed by atoms with E-state index in [2.05, 4.69) is 5.32 Å². The fourth-order valence-electron chi connectivity index (χ4n) is 1.72. The smallest absolute Gasteiger partial charge is 0.298 e. The Morgan fingerprint density at radius 2 is 2.18 bits per heavy atom. The molecule has 1 unspecified atom stereocenters.